The van der Waals surface area contributed by atoms with E-state index in [2.05, 4.69) is 5.32 Å². The highest BCUT2D eigenvalue weighted by atomic mass is 16.3. The van der Waals surface area contributed by atoms with Crippen LogP contribution in [-0.4, -0.2) is 29.9 Å². The zero-order chi connectivity index (χ0) is 13.2. The van der Waals surface area contributed by atoms with Crippen LogP contribution in [0.1, 0.15) is 18.9 Å². The molecule has 98 valence electrons. The molecule has 0 amide bonds. The fourth-order valence-corrected chi connectivity index (χ4v) is 2.31. The summed E-state index contributed by atoms with van der Waals surface area (Å²) in [5, 5.41) is 23.8. The quantitative estimate of drug-likeness (QED) is 0.753. The minimum absolute atomic E-state index is 0.0324. The zero-order valence-corrected chi connectivity index (χ0v) is 10.7. The molecule has 1 aromatic heterocycles. The van der Waals surface area contributed by atoms with E-state index in [0.717, 1.165) is 16.5 Å². The Morgan fingerprint density at radius 2 is 2.17 bits per heavy atom. The molecule has 0 saturated heterocycles. The SMILES string of the molecule is CNC(CCO)C(C)(O)c1ccc2ccoc2c1. The molecule has 0 saturated carbocycles. The molecule has 4 heteroatoms. The van der Waals surface area contributed by atoms with Crippen molar-refractivity contribution >= 4 is 11.0 Å². The molecule has 0 aliphatic carbocycles. The van der Waals surface area contributed by atoms with E-state index in [1.54, 1.807) is 20.2 Å². The van der Waals surface area contributed by atoms with Crippen molar-refractivity contribution in [3.8, 4) is 0 Å². The first-order valence-corrected chi connectivity index (χ1v) is 6.08. The zero-order valence-electron chi connectivity index (χ0n) is 10.7. The van der Waals surface area contributed by atoms with Crippen LogP contribution in [0.25, 0.3) is 11.0 Å². The second-order valence-corrected chi connectivity index (χ2v) is 4.67. The first kappa shape index (κ1) is 13.1. The number of aliphatic hydroxyl groups excluding tert-OH is 1. The second kappa shape index (κ2) is 5.10. The third-order valence-corrected chi connectivity index (χ3v) is 3.49. The molecule has 1 aromatic carbocycles. The maximum atomic E-state index is 10.7. The Balaban J connectivity index is 2.37. The van der Waals surface area contributed by atoms with Crippen LogP contribution in [0, 0.1) is 0 Å². The van der Waals surface area contributed by atoms with Crippen LogP contribution in [-0.2, 0) is 5.60 Å². The van der Waals surface area contributed by atoms with Gasteiger partial charge in [0.15, 0.2) is 0 Å². The van der Waals surface area contributed by atoms with Gasteiger partial charge in [-0.1, -0.05) is 12.1 Å². The Labute approximate surface area is 106 Å². The number of benzene rings is 1. The van der Waals surface area contributed by atoms with Gasteiger partial charge in [-0.05, 0) is 38.1 Å². The molecule has 0 aliphatic rings. The van der Waals surface area contributed by atoms with Gasteiger partial charge in [0.2, 0.25) is 0 Å². The van der Waals surface area contributed by atoms with Gasteiger partial charge in [0.25, 0.3) is 0 Å². The highest BCUT2D eigenvalue weighted by molar-refractivity contribution is 5.77. The van der Waals surface area contributed by atoms with E-state index in [4.69, 9.17) is 9.52 Å². The Kier molecular flexibility index (Phi) is 3.71. The Morgan fingerprint density at radius 3 is 2.83 bits per heavy atom. The Morgan fingerprint density at radius 1 is 1.39 bits per heavy atom. The highest BCUT2D eigenvalue weighted by Crippen LogP contribution is 2.29. The molecule has 3 N–H and O–H groups in total. The van der Waals surface area contributed by atoms with Crippen molar-refractivity contribution in [2.24, 2.45) is 0 Å². The van der Waals surface area contributed by atoms with Crippen LogP contribution >= 0.6 is 0 Å². The first-order chi connectivity index (χ1) is 8.59. The number of likely N-dealkylation sites (N-methyl/N-ethyl adjacent to an activating group) is 1. The van der Waals surface area contributed by atoms with Crippen LogP contribution in [0.3, 0.4) is 0 Å². The molecule has 2 unspecified atom stereocenters. The van der Waals surface area contributed by atoms with E-state index in [9.17, 15) is 5.11 Å². The summed E-state index contributed by atoms with van der Waals surface area (Å²) in [4.78, 5) is 0. The summed E-state index contributed by atoms with van der Waals surface area (Å²) >= 11 is 0. The van der Waals surface area contributed by atoms with Crippen LogP contribution in [0.5, 0.6) is 0 Å². The third kappa shape index (κ3) is 2.27. The maximum absolute atomic E-state index is 10.7. The molecule has 2 rings (SSSR count). The van der Waals surface area contributed by atoms with Crippen LogP contribution in [0.2, 0.25) is 0 Å². The number of aliphatic hydroxyl groups is 2. The van der Waals surface area contributed by atoms with E-state index in [-0.39, 0.29) is 12.6 Å². The summed E-state index contributed by atoms with van der Waals surface area (Å²) in [5.74, 6) is 0. The molecule has 0 fully saturated rings. The average molecular weight is 249 g/mol. The van der Waals surface area contributed by atoms with Gasteiger partial charge >= 0.3 is 0 Å². The van der Waals surface area contributed by atoms with Crippen molar-refractivity contribution in [2.75, 3.05) is 13.7 Å². The van der Waals surface area contributed by atoms with Gasteiger partial charge in [-0.15, -0.1) is 0 Å². The van der Waals surface area contributed by atoms with Gasteiger partial charge in [0.05, 0.1) is 6.26 Å². The molecule has 1 heterocycles. The molecule has 0 spiro atoms. The fourth-order valence-electron chi connectivity index (χ4n) is 2.31. The van der Waals surface area contributed by atoms with Crippen LogP contribution in [0.15, 0.2) is 34.9 Å². The first-order valence-electron chi connectivity index (χ1n) is 6.08. The highest BCUT2D eigenvalue weighted by Gasteiger charge is 2.32. The summed E-state index contributed by atoms with van der Waals surface area (Å²) in [6.45, 7) is 1.78. The maximum Gasteiger partial charge on any atom is 0.134 e. The second-order valence-electron chi connectivity index (χ2n) is 4.67. The summed E-state index contributed by atoms with van der Waals surface area (Å²) in [5.41, 5.74) is 0.475. The molecule has 0 aliphatic heterocycles. The van der Waals surface area contributed by atoms with Gasteiger partial charge in [-0.25, -0.2) is 0 Å². The van der Waals surface area contributed by atoms with Crippen LogP contribution < -0.4 is 5.32 Å². The van der Waals surface area contributed by atoms with E-state index >= 15 is 0 Å². The monoisotopic (exact) mass is 249 g/mol. The molecule has 4 nitrogen and oxygen atoms in total. The third-order valence-electron chi connectivity index (χ3n) is 3.49. The van der Waals surface area contributed by atoms with Gasteiger partial charge < -0.3 is 19.9 Å². The minimum atomic E-state index is -1.06. The summed E-state index contributed by atoms with van der Waals surface area (Å²) in [7, 11) is 1.78. The lowest BCUT2D eigenvalue weighted by molar-refractivity contribution is 0.00905. The van der Waals surface area contributed by atoms with Crippen molar-refractivity contribution in [2.45, 2.75) is 25.0 Å². The lowest BCUT2D eigenvalue weighted by Crippen LogP contribution is -2.45. The minimum Gasteiger partial charge on any atom is -0.464 e. The molecular formula is C14H19NO3. The molecule has 0 radical (unpaired) electrons. The smallest absolute Gasteiger partial charge is 0.134 e. The van der Waals surface area contributed by atoms with Gasteiger partial charge in [0.1, 0.15) is 11.2 Å². The topological polar surface area (TPSA) is 65.6 Å². The number of furan rings is 1. The van der Waals surface area contributed by atoms with E-state index in [0.29, 0.717) is 6.42 Å². The van der Waals surface area contributed by atoms with Crippen molar-refractivity contribution in [3.05, 3.63) is 36.1 Å². The molecule has 2 aromatic rings. The number of fused-ring (bicyclic) bond motifs is 1. The summed E-state index contributed by atoms with van der Waals surface area (Å²) < 4.78 is 5.35. The fraction of sp³-hybridized carbons (Fsp3) is 0.429. The van der Waals surface area contributed by atoms with E-state index in [1.165, 1.54) is 0 Å². The number of hydrogen-bond acceptors (Lipinski definition) is 4. The van der Waals surface area contributed by atoms with Gasteiger partial charge in [-0.3, -0.25) is 0 Å². The normalized spacial score (nSPS) is 16.7. The standard InChI is InChI=1S/C14H19NO3/c1-14(17,13(15-2)5-7-16)11-4-3-10-6-8-18-12(10)9-11/h3-4,6,8-9,13,15-17H,5,7H2,1-2H3. The predicted molar refractivity (Wildman–Crippen MR) is 70.3 cm³/mol. The largest absolute Gasteiger partial charge is 0.464 e. The lowest BCUT2D eigenvalue weighted by atomic mass is 9.86. The number of nitrogens with one attached hydrogen (secondary N) is 1. The molecular weight excluding hydrogens is 230 g/mol. The average Bonchev–Trinajstić information content (AvgIpc) is 2.82. The van der Waals surface area contributed by atoms with Crippen molar-refractivity contribution in [1.29, 1.82) is 0 Å². The molecule has 18 heavy (non-hydrogen) atoms. The number of rotatable bonds is 5. The van der Waals surface area contributed by atoms with Gasteiger partial charge in [-0.2, -0.15) is 0 Å². The van der Waals surface area contributed by atoms with Crippen molar-refractivity contribution in [1.82, 2.24) is 5.32 Å². The number of hydrogen-bond donors (Lipinski definition) is 3. The summed E-state index contributed by atoms with van der Waals surface area (Å²) in [6.07, 6.45) is 2.12. The van der Waals surface area contributed by atoms with E-state index in [1.807, 2.05) is 24.3 Å². The Bertz CT molecular complexity index is 518. The molecule has 2 atom stereocenters. The predicted octanol–water partition coefficient (Wildman–Crippen LogP) is 1.61. The lowest BCUT2D eigenvalue weighted by Gasteiger charge is -2.33. The van der Waals surface area contributed by atoms with E-state index < -0.39 is 5.60 Å². The molecule has 0 bridgehead atoms. The van der Waals surface area contributed by atoms with Gasteiger partial charge in [0, 0.05) is 18.0 Å². The van der Waals surface area contributed by atoms with Crippen LogP contribution in [0.4, 0.5) is 0 Å². The van der Waals surface area contributed by atoms with Crippen molar-refractivity contribution in [3.63, 3.8) is 0 Å². The van der Waals surface area contributed by atoms with Crippen molar-refractivity contribution < 1.29 is 14.6 Å². The summed E-state index contributed by atoms with van der Waals surface area (Å²) in [6, 6.07) is 7.33. The Hall–Kier alpha value is -1.36.